The first-order chi connectivity index (χ1) is 9.50. The number of Topliss-reactive ketones (excluding diaryl/α,β-unsaturated/α-hetero) is 1. The Bertz CT molecular complexity index is 698. The van der Waals surface area contributed by atoms with Crippen molar-refractivity contribution >= 4 is 44.6 Å². The van der Waals surface area contributed by atoms with Crippen molar-refractivity contribution in [3.63, 3.8) is 0 Å². The second-order valence-electron chi connectivity index (χ2n) is 4.62. The molecule has 1 aliphatic rings. The van der Waals surface area contributed by atoms with Crippen molar-refractivity contribution < 1.29 is 14.7 Å². The van der Waals surface area contributed by atoms with Gasteiger partial charge in [-0.05, 0) is 29.6 Å². The first-order valence-electron chi connectivity index (χ1n) is 5.90. The van der Waals surface area contributed by atoms with E-state index in [4.69, 9.17) is 0 Å². The highest BCUT2D eigenvalue weighted by Crippen LogP contribution is 2.40. The molecular formula is C14H10BrNO3S. The fraction of sp³-hybridized carbons (Fsp3) is 0.143. The van der Waals surface area contributed by atoms with Crippen molar-refractivity contribution in [1.29, 1.82) is 0 Å². The lowest BCUT2D eigenvalue weighted by Crippen LogP contribution is -2.36. The number of hydrogen-bond acceptors (Lipinski definition) is 4. The van der Waals surface area contributed by atoms with E-state index >= 15 is 0 Å². The van der Waals surface area contributed by atoms with E-state index in [9.17, 15) is 14.7 Å². The van der Waals surface area contributed by atoms with Gasteiger partial charge in [0.25, 0.3) is 5.91 Å². The smallest absolute Gasteiger partial charge is 0.261 e. The van der Waals surface area contributed by atoms with Crippen LogP contribution in [0.1, 0.15) is 22.3 Å². The van der Waals surface area contributed by atoms with Gasteiger partial charge in [0.15, 0.2) is 11.4 Å². The fourth-order valence-corrected chi connectivity index (χ4v) is 3.27. The highest BCUT2D eigenvalue weighted by molar-refractivity contribution is 9.10. The Labute approximate surface area is 127 Å². The van der Waals surface area contributed by atoms with Gasteiger partial charge in [0, 0.05) is 26.7 Å². The Morgan fingerprint density at radius 3 is 2.90 bits per heavy atom. The van der Waals surface area contributed by atoms with Crippen LogP contribution in [0.5, 0.6) is 0 Å². The van der Waals surface area contributed by atoms with Gasteiger partial charge in [-0.1, -0.05) is 15.9 Å². The van der Waals surface area contributed by atoms with E-state index in [1.807, 2.05) is 0 Å². The van der Waals surface area contributed by atoms with Crippen LogP contribution in [-0.4, -0.2) is 16.8 Å². The molecule has 0 spiro atoms. The van der Waals surface area contributed by atoms with Gasteiger partial charge in [-0.25, -0.2) is 0 Å². The first kappa shape index (κ1) is 13.5. The Hall–Kier alpha value is -1.50. The van der Waals surface area contributed by atoms with Crippen LogP contribution in [0, 0.1) is 0 Å². The molecule has 3 rings (SSSR count). The highest BCUT2D eigenvalue weighted by Gasteiger charge is 2.46. The minimum atomic E-state index is -1.81. The third-order valence-electron chi connectivity index (χ3n) is 3.31. The second kappa shape index (κ2) is 4.80. The molecule has 0 bridgehead atoms. The van der Waals surface area contributed by atoms with Crippen molar-refractivity contribution in [2.45, 2.75) is 12.0 Å². The standard InChI is InChI=1S/C14H10BrNO3S/c15-9-1-2-11-10(5-9)14(19,13(18)16-11)6-12(17)8-3-4-20-7-8/h1-5,7,19H,6H2,(H,16,18)/t14-/m0/s1. The molecule has 2 heterocycles. The summed E-state index contributed by atoms with van der Waals surface area (Å²) in [7, 11) is 0. The molecule has 1 aliphatic heterocycles. The van der Waals surface area contributed by atoms with Crippen LogP contribution >= 0.6 is 27.3 Å². The fourth-order valence-electron chi connectivity index (χ4n) is 2.25. The van der Waals surface area contributed by atoms with Crippen molar-refractivity contribution in [1.82, 2.24) is 0 Å². The third-order valence-corrected chi connectivity index (χ3v) is 4.49. The maximum atomic E-state index is 12.2. The summed E-state index contributed by atoms with van der Waals surface area (Å²) in [6.07, 6.45) is -0.265. The predicted molar refractivity (Wildman–Crippen MR) is 79.9 cm³/mol. The van der Waals surface area contributed by atoms with Gasteiger partial charge < -0.3 is 10.4 Å². The molecule has 0 saturated carbocycles. The number of ketones is 1. The highest BCUT2D eigenvalue weighted by atomic mass is 79.9. The van der Waals surface area contributed by atoms with E-state index in [-0.39, 0.29) is 12.2 Å². The van der Waals surface area contributed by atoms with Crippen molar-refractivity contribution in [2.75, 3.05) is 5.32 Å². The van der Waals surface area contributed by atoms with Gasteiger partial charge in [0.05, 0.1) is 6.42 Å². The molecule has 6 heteroatoms. The van der Waals surface area contributed by atoms with Gasteiger partial charge in [0.1, 0.15) is 0 Å². The molecule has 2 aromatic rings. The lowest BCUT2D eigenvalue weighted by atomic mass is 9.88. The zero-order chi connectivity index (χ0) is 14.3. The Kier molecular flexibility index (Phi) is 3.24. The van der Waals surface area contributed by atoms with Crippen LogP contribution in [0.4, 0.5) is 5.69 Å². The van der Waals surface area contributed by atoms with Crippen molar-refractivity contribution in [3.05, 3.63) is 50.6 Å². The summed E-state index contributed by atoms with van der Waals surface area (Å²) in [5.74, 6) is -0.814. The average molecular weight is 352 g/mol. The summed E-state index contributed by atoms with van der Waals surface area (Å²) in [4.78, 5) is 24.2. The zero-order valence-corrected chi connectivity index (χ0v) is 12.6. The normalized spacial score (nSPS) is 20.6. The number of benzene rings is 1. The van der Waals surface area contributed by atoms with E-state index < -0.39 is 11.5 Å². The van der Waals surface area contributed by atoms with Crippen LogP contribution in [0.3, 0.4) is 0 Å². The summed E-state index contributed by atoms with van der Waals surface area (Å²) < 4.78 is 0.745. The maximum absolute atomic E-state index is 12.2. The van der Waals surface area contributed by atoms with Crippen LogP contribution < -0.4 is 5.32 Å². The summed E-state index contributed by atoms with van der Waals surface area (Å²) in [6.45, 7) is 0. The van der Waals surface area contributed by atoms with E-state index in [0.29, 0.717) is 16.8 Å². The average Bonchev–Trinajstić information content (AvgIpc) is 3.00. The number of carbonyl (C=O) groups excluding carboxylic acids is 2. The molecule has 0 unspecified atom stereocenters. The minimum absolute atomic E-state index is 0.253. The number of thiophene rings is 1. The topological polar surface area (TPSA) is 66.4 Å². The Balaban J connectivity index is 1.98. The van der Waals surface area contributed by atoms with Crippen LogP contribution in [0.25, 0.3) is 0 Å². The molecule has 1 amide bonds. The number of rotatable bonds is 3. The van der Waals surface area contributed by atoms with Crippen LogP contribution in [0.15, 0.2) is 39.5 Å². The molecule has 1 aromatic carbocycles. The molecule has 1 atom stereocenters. The van der Waals surface area contributed by atoms with E-state index in [1.165, 1.54) is 11.3 Å². The van der Waals surface area contributed by atoms with Gasteiger partial charge >= 0.3 is 0 Å². The molecule has 4 nitrogen and oxygen atoms in total. The number of aliphatic hydroxyl groups is 1. The number of carbonyl (C=O) groups is 2. The summed E-state index contributed by atoms with van der Waals surface area (Å²) in [6, 6.07) is 6.81. The second-order valence-corrected chi connectivity index (χ2v) is 6.31. The Morgan fingerprint density at radius 2 is 2.20 bits per heavy atom. The summed E-state index contributed by atoms with van der Waals surface area (Å²) >= 11 is 4.71. The number of amides is 1. The van der Waals surface area contributed by atoms with Crippen molar-refractivity contribution in [3.8, 4) is 0 Å². The van der Waals surface area contributed by atoms with Crippen LogP contribution in [0.2, 0.25) is 0 Å². The number of halogens is 1. The quantitative estimate of drug-likeness (QED) is 0.835. The SMILES string of the molecule is O=C(C[C@@]1(O)C(=O)Nc2ccc(Br)cc21)c1ccsc1. The number of anilines is 1. The largest absolute Gasteiger partial charge is 0.375 e. The number of nitrogens with one attached hydrogen (secondary N) is 1. The molecule has 20 heavy (non-hydrogen) atoms. The molecule has 102 valence electrons. The van der Waals surface area contributed by atoms with Gasteiger partial charge in [-0.2, -0.15) is 11.3 Å². The molecule has 0 aliphatic carbocycles. The first-order valence-corrected chi connectivity index (χ1v) is 7.63. The molecule has 0 saturated heterocycles. The Morgan fingerprint density at radius 1 is 1.40 bits per heavy atom. The van der Waals surface area contributed by atoms with Gasteiger partial charge in [-0.15, -0.1) is 0 Å². The van der Waals surface area contributed by atoms with E-state index in [2.05, 4.69) is 21.2 Å². The molecule has 2 N–H and O–H groups in total. The lowest BCUT2D eigenvalue weighted by molar-refractivity contribution is -0.133. The van der Waals surface area contributed by atoms with Crippen LogP contribution in [-0.2, 0) is 10.4 Å². The molecule has 0 fully saturated rings. The summed E-state index contributed by atoms with van der Waals surface area (Å²) in [5, 5.41) is 16.8. The van der Waals surface area contributed by atoms with Gasteiger partial charge in [0.2, 0.25) is 0 Å². The number of hydrogen-bond donors (Lipinski definition) is 2. The van der Waals surface area contributed by atoms with Crippen molar-refractivity contribution in [2.24, 2.45) is 0 Å². The lowest BCUT2D eigenvalue weighted by Gasteiger charge is -2.19. The van der Waals surface area contributed by atoms with E-state index in [1.54, 1.807) is 35.0 Å². The monoisotopic (exact) mass is 351 g/mol. The zero-order valence-electron chi connectivity index (χ0n) is 10.2. The number of fused-ring (bicyclic) bond motifs is 1. The predicted octanol–water partition coefficient (Wildman–Crippen LogP) is 2.92. The maximum Gasteiger partial charge on any atom is 0.261 e. The van der Waals surface area contributed by atoms with Gasteiger partial charge in [-0.3, -0.25) is 9.59 Å². The third kappa shape index (κ3) is 2.09. The minimum Gasteiger partial charge on any atom is -0.375 e. The molecule has 0 radical (unpaired) electrons. The summed E-state index contributed by atoms with van der Waals surface area (Å²) in [5.41, 5.74) is -0.322. The molecule has 1 aromatic heterocycles. The molecular weight excluding hydrogens is 342 g/mol. The van der Waals surface area contributed by atoms with E-state index in [0.717, 1.165) is 4.47 Å².